The van der Waals surface area contributed by atoms with Gasteiger partial charge in [0.1, 0.15) is 12.0 Å². The molecule has 2 aromatic rings. The lowest BCUT2D eigenvalue weighted by Gasteiger charge is -2.33. The predicted octanol–water partition coefficient (Wildman–Crippen LogP) is 2.76. The van der Waals surface area contributed by atoms with Crippen molar-refractivity contribution < 1.29 is 9.72 Å². The predicted molar refractivity (Wildman–Crippen MR) is 92.6 cm³/mol. The van der Waals surface area contributed by atoms with Crippen molar-refractivity contribution in [1.29, 1.82) is 0 Å². The van der Waals surface area contributed by atoms with E-state index in [2.05, 4.69) is 15.2 Å². The van der Waals surface area contributed by atoms with Crippen molar-refractivity contribution in [2.24, 2.45) is 0 Å². The van der Waals surface area contributed by atoms with E-state index in [4.69, 9.17) is 0 Å². The molecule has 0 spiro atoms. The summed E-state index contributed by atoms with van der Waals surface area (Å²) in [5, 5.41) is 13.7. The topological polar surface area (TPSA) is 88.4 Å². The Labute approximate surface area is 143 Å². The number of nitrogens with zero attached hydrogens (tertiary/aromatic N) is 3. The van der Waals surface area contributed by atoms with Crippen LogP contribution in [0.2, 0.25) is 0 Å². The smallest absolute Gasteiger partial charge is 0.287 e. The number of carbonyl (C=O) groups is 1. The van der Waals surface area contributed by atoms with Crippen LogP contribution in [0.3, 0.4) is 0 Å². The number of nitro groups is 1. The van der Waals surface area contributed by atoms with Gasteiger partial charge in [0, 0.05) is 30.1 Å². The van der Waals surface area contributed by atoms with Gasteiger partial charge >= 0.3 is 0 Å². The van der Waals surface area contributed by atoms with Gasteiger partial charge in [0.05, 0.1) is 9.80 Å². The fraction of sp³-hybridized carbons (Fsp3) is 0.375. The van der Waals surface area contributed by atoms with Gasteiger partial charge < -0.3 is 10.2 Å². The van der Waals surface area contributed by atoms with Crippen molar-refractivity contribution in [3.8, 4) is 0 Å². The normalized spacial score (nSPS) is 15.3. The molecule has 1 N–H and O–H groups in total. The third kappa shape index (κ3) is 3.70. The zero-order valence-electron chi connectivity index (χ0n) is 13.3. The SMILES string of the molecule is Cc1ccc(C(=O)NC2CCN(c3ccc([N+](=O)[O-])cn3)CC2)s1. The summed E-state index contributed by atoms with van der Waals surface area (Å²) in [6.45, 7) is 3.51. The number of nitrogens with one attached hydrogen (secondary N) is 1. The first-order valence-corrected chi connectivity index (χ1v) is 8.57. The zero-order chi connectivity index (χ0) is 17.1. The fourth-order valence-corrected chi connectivity index (χ4v) is 3.51. The quantitative estimate of drug-likeness (QED) is 0.679. The first-order valence-electron chi connectivity index (χ1n) is 7.75. The minimum atomic E-state index is -0.454. The van der Waals surface area contributed by atoms with E-state index in [0.717, 1.165) is 41.5 Å². The molecule has 1 aliphatic rings. The Morgan fingerprint density at radius 2 is 2.08 bits per heavy atom. The van der Waals surface area contributed by atoms with Crippen molar-refractivity contribution >= 4 is 28.7 Å². The summed E-state index contributed by atoms with van der Waals surface area (Å²) in [7, 11) is 0. The van der Waals surface area contributed by atoms with Crippen LogP contribution >= 0.6 is 11.3 Å². The molecule has 0 bridgehead atoms. The molecule has 0 unspecified atom stereocenters. The van der Waals surface area contributed by atoms with Gasteiger partial charge in [-0.3, -0.25) is 14.9 Å². The van der Waals surface area contributed by atoms with E-state index in [-0.39, 0.29) is 17.6 Å². The Hall–Kier alpha value is -2.48. The molecule has 2 aromatic heterocycles. The van der Waals surface area contributed by atoms with Crippen molar-refractivity contribution in [1.82, 2.24) is 10.3 Å². The molecule has 1 amide bonds. The maximum atomic E-state index is 12.2. The molecule has 3 heterocycles. The molecule has 24 heavy (non-hydrogen) atoms. The molecule has 0 atom stereocenters. The highest BCUT2D eigenvalue weighted by Crippen LogP contribution is 2.21. The number of pyridine rings is 1. The van der Waals surface area contributed by atoms with Crippen LogP contribution in [0.15, 0.2) is 30.5 Å². The molecular formula is C16H18N4O3S. The minimum absolute atomic E-state index is 0.00728. The Kier molecular flexibility index (Phi) is 4.75. The van der Waals surface area contributed by atoms with Crippen LogP contribution in [-0.4, -0.2) is 34.9 Å². The average Bonchev–Trinajstić information content (AvgIpc) is 3.02. The number of amides is 1. The fourth-order valence-electron chi connectivity index (χ4n) is 2.74. The molecule has 0 aliphatic carbocycles. The standard InChI is InChI=1S/C16H18N4O3S/c1-11-2-4-14(24-11)16(21)18-12-6-8-19(9-7-12)15-5-3-13(10-17-15)20(22)23/h2-5,10,12H,6-9H2,1H3,(H,18,21). The highest BCUT2D eigenvalue weighted by molar-refractivity contribution is 7.13. The lowest BCUT2D eigenvalue weighted by atomic mass is 10.0. The summed E-state index contributed by atoms with van der Waals surface area (Å²) in [4.78, 5) is 30.5. The summed E-state index contributed by atoms with van der Waals surface area (Å²) in [5.74, 6) is 0.722. The van der Waals surface area contributed by atoms with E-state index < -0.39 is 4.92 Å². The molecule has 1 saturated heterocycles. The first-order chi connectivity index (χ1) is 11.5. The first kappa shape index (κ1) is 16.4. The number of thiophene rings is 1. The van der Waals surface area contributed by atoms with Gasteiger partial charge in [0.2, 0.25) is 0 Å². The summed E-state index contributed by atoms with van der Waals surface area (Å²) < 4.78 is 0. The number of piperidine rings is 1. The van der Waals surface area contributed by atoms with Gasteiger partial charge in [0.25, 0.3) is 11.6 Å². The maximum Gasteiger partial charge on any atom is 0.287 e. The lowest BCUT2D eigenvalue weighted by Crippen LogP contribution is -2.44. The van der Waals surface area contributed by atoms with Gasteiger partial charge in [-0.2, -0.15) is 0 Å². The number of hydrogen-bond acceptors (Lipinski definition) is 6. The molecule has 1 fully saturated rings. The van der Waals surface area contributed by atoms with Crippen LogP contribution in [0, 0.1) is 17.0 Å². The summed E-state index contributed by atoms with van der Waals surface area (Å²) in [6, 6.07) is 7.09. The van der Waals surface area contributed by atoms with Gasteiger partial charge in [0.15, 0.2) is 0 Å². The second kappa shape index (κ2) is 6.96. The molecule has 8 heteroatoms. The Morgan fingerprint density at radius 1 is 1.33 bits per heavy atom. The average molecular weight is 346 g/mol. The van der Waals surface area contributed by atoms with Crippen LogP contribution in [0.25, 0.3) is 0 Å². The van der Waals surface area contributed by atoms with Crippen molar-refractivity contribution in [2.75, 3.05) is 18.0 Å². The van der Waals surface area contributed by atoms with Crippen molar-refractivity contribution in [3.63, 3.8) is 0 Å². The molecular weight excluding hydrogens is 328 g/mol. The van der Waals surface area contributed by atoms with Crippen molar-refractivity contribution in [3.05, 3.63) is 50.3 Å². The van der Waals surface area contributed by atoms with E-state index in [0.29, 0.717) is 0 Å². The number of aromatic nitrogens is 1. The number of carbonyl (C=O) groups excluding carboxylic acids is 1. The van der Waals surface area contributed by atoms with Crippen LogP contribution in [0.1, 0.15) is 27.4 Å². The van der Waals surface area contributed by atoms with E-state index in [1.807, 2.05) is 19.1 Å². The number of aryl methyl sites for hydroxylation is 1. The second-order valence-corrected chi connectivity index (χ2v) is 7.06. The Balaban J connectivity index is 1.53. The van der Waals surface area contributed by atoms with Gasteiger partial charge in [-0.05, 0) is 38.0 Å². The summed E-state index contributed by atoms with van der Waals surface area (Å²) in [5.41, 5.74) is -0.00728. The van der Waals surface area contributed by atoms with Gasteiger partial charge in [-0.15, -0.1) is 11.3 Å². The second-order valence-electron chi connectivity index (χ2n) is 5.78. The lowest BCUT2D eigenvalue weighted by molar-refractivity contribution is -0.385. The van der Waals surface area contributed by atoms with Crippen LogP contribution < -0.4 is 10.2 Å². The highest BCUT2D eigenvalue weighted by Gasteiger charge is 2.22. The monoisotopic (exact) mass is 346 g/mol. The van der Waals surface area contributed by atoms with E-state index in [1.54, 1.807) is 6.07 Å². The zero-order valence-corrected chi connectivity index (χ0v) is 14.1. The Morgan fingerprint density at radius 3 is 2.62 bits per heavy atom. The molecule has 7 nitrogen and oxygen atoms in total. The minimum Gasteiger partial charge on any atom is -0.356 e. The van der Waals surface area contributed by atoms with Crippen LogP contribution in [-0.2, 0) is 0 Å². The van der Waals surface area contributed by atoms with E-state index in [1.165, 1.54) is 23.6 Å². The molecule has 126 valence electrons. The number of anilines is 1. The molecule has 3 rings (SSSR count). The molecule has 0 saturated carbocycles. The number of hydrogen-bond donors (Lipinski definition) is 1. The van der Waals surface area contributed by atoms with Crippen LogP contribution in [0.4, 0.5) is 11.5 Å². The Bertz CT molecular complexity index is 736. The molecule has 0 radical (unpaired) electrons. The molecule has 0 aromatic carbocycles. The van der Waals surface area contributed by atoms with Gasteiger partial charge in [-0.1, -0.05) is 0 Å². The van der Waals surface area contributed by atoms with E-state index in [9.17, 15) is 14.9 Å². The summed E-state index contributed by atoms with van der Waals surface area (Å²) >= 11 is 1.50. The van der Waals surface area contributed by atoms with E-state index >= 15 is 0 Å². The highest BCUT2D eigenvalue weighted by atomic mass is 32.1. The largest absolute Gasteiger partial charge is 0.356 e. The third-order valence-electron chi connectivity index (χ3n) is 4.06. The van der Waals surface area contributed by atoms with Crippen LogP contribution in [0.5, 0.6) is 0 Å². The molecule has 1 aliphatic heterocycles. The van der Waals surface area contributed by atoms with Gasteiger partial charge in [-0.25, -0.2) is 4.98 Å². The maximum absolute atomic E-state index is 12.2. The van der Waals surface area contributed by atoms with Crippen molar-refractivity contribution in [2.45, 2.75) is 25.8 Å². The summed E-state index contributed by atoms with van der Waals surface area (Å²) in [6.07, 6.45) is 2.94. The number of rotatable bonds is 4. The third-order valence-corrected chi connectivity index (χ3v) is 5.06.